The van der Waals surface area contributed by atoms with Crippen molar-refractivity contribution in [1.29, 1.82) is 0 Å². The van der Waals surface area contributed by atoms with Crippen LogP contribution in [0.2, 0.25) is 0 Å². The number of anilines is 1. The lowest BCUT2D eigenvalue weighted by Gasteiger charge is -2.06. The fraction of sp³-hybridized carbons (Fsp3) is 0. The number of benzene rings is 1. The highest BCUT2D eigenvalue weighted by atomic mass is 127. The summed E-state index contributed by atoms with van der Waals surface area (Å²) in [5.41, 5.74) is 0.592. The Bertz CT molecular complexity index is 589. The predicted molar refractivity (Wildman–Crippen MR) is 84.5 cm³/mol. The molecule has 1 aromatic heterocycles. The molecule has 0 atom stereocenters. The zero-order valence-electron chi connectivity index (χ0n) is 8.82. The summed E-state index contributed by atoms with van der Waals surface area (Å²) in [7, 11) is 0. The van der Waals surface area contributed by atoms with Crippen LogP contribution in [0.5, 0.6) is 0 Å². The first-order chi connectivity index (χ1) is 8.56. The molecule has 0 spiro atoms. The van der Waals surface area contributed by atoms with E-state index in [-0.39, 0.29) is 5.91 Å². The molecule has 1 aromatic carbocycles. The number of halogens is 3. The third-order valence-electron chi connectivity index (χ3n) is 2.03. The van der Waals surface area contributed by atoms with Crippen molar-refractivity contribution in [3.8, 4) is 0 Å². The van der Waals surface area contributed by atoms with Crippen molar-refractivity contribution in [3.63, 3.8) is 0 Å². The van der Waals surface area contributed by atoms with Crippen LogP contribution in [0, 0.1) is 3.57 Å². The largest absolute Gasteiger partial charge is 0.305 e. The maximum atomic E-state index is 12.1. The number of carbonyl (C=O) groups excluding carboxylic acids is 1. The van der Waals surface area contributed by atoms with Gasteiger partial charge < -0.3 is 5.32 Å². The Kier molecular flexibility index (Phi) is 4.68. The van der Waals surface area contributed by atoms with E-state index in [9.17, 15) is 4.79 Å². The van der Waals surface area contributed by atoms with Crippen LogP contribution in [0.25, 0.3) is 0 Å². The second kappa shape index (κ2) is 6.07. The highest BCUT2D eigenvalue weighted by Crippen LogP contribution is 2.19. The molecule has 4 nitrogen and oxygen atoms in total. The minimum absolute atomic E-state index is 0.211. The second-order valence-corrected chi connectivity index (χ2v) is 6.19. The SMILES string of the molecule is O=C(Nc1cnc(Br)cn1)c1cc(Br)ccc1I. The molecule has 2 rings (SSSR count). The van der Waals surface area contributed by atoms with Crippen LogP contribution in [0.3, 0.4) is 0 Å². The molecule has 1 amide bonds. The van der Waals surface area contributed by atoms with Crippen LogP contribution in [0.1, 0.15) is 10.4 Å². The molecule has 0 aliphatic rings. The van der Waals surface area contributed by atoms with Gasteiger partial charge in [0.25, 0.3) is 5.91 Å². The average Bonchev–Trinajstić information content (AvgIpc) is 2.35. The zero-order chi connectivity index (χ0) is 13.1. The van der Waals surface area contributed by atoms with Gasteiger partial charge in [-0.1, -0.05) is 15.9 Å². The van der Waals surface area contributed by atoms with E-state index in [1.54, 1.807) is 6.07 Å². The molecule has 18 heavy (non-hydrogen) atoms. The van der Waals surface area contributed by atoms with Crippen LogP contribution in [0.15, 0.2) is 39.7 Å². The van der Waals surface area contributed by atoms with Gasteiger partial charge in [-0.3, -0.25) is 4.79 Å². The first-order valence-corrected chi connectivity index (χ1v) is 7.46. The highest BCUT2D eigenvalue weighted by Gasteiger charge is 2.11. The molecule has 2 aromatic rings. The maximum absolute atomic E-state index is 12.1. The van der Waals surface area contributed by atoms with Gasteiger partial charge in [0.15, 0.2) is 5.82 Å². The lowest BCUT2D eigenvalue weighted by molar-refractivity contribution is 0.102. The summed E-state index contributed by atoms with van der Waals surface area (Å²) in [6.45, 7) is 0. The van der Waals surface area contributed by atoms with Gasteiger partial charge in [0.05, 0.1) is 18.0 Å². The van der Waals surface area contributed by atoms with Gasteiger partial charge in [0.2, 0.25) is 0 Å². The van der Waals surface area contributed by atoms with E-state index >= 15 is 0 Å². The van der Waals surface area contributed by atoms with Crippen LogP contribution in [-0.2, 0) is 0 Å². The number of aromatic nitrogens is 2. The van der Waals surface area contributed by atoms with E-state index in [1.807, 2.05) is 12.1 Å². The molecule has 1 heterocycles. The van der Waals surface area contributed by atoms with Crippen molar-refractivity contribution in [3.05, 3.63) is 48.8 Å². The van der Waals surface area contributed by atoms with Gasteiger partial charge in [-0.2, -0.15) is 0 Å². The van der Waals surface area contributed by atoms with Gasteiger partial charge in [-0.05, 0) is 56.7 Å². The lowest BCUT2D eigenvalue weighted by atomic mass is 10.2. The Morgan fingerprint density at radius 3 is 2.67 bits per heavy atom. The van der Waals surface area contributed by atoms with Crippen LogP contribution < -0.4 is 5.32 Å². The topological polar surface area (TPSA) is 54.9 Å². The summed E-state index contributed by atoms with van der Waals surface area (Å²) < 4.78 is 2.35. The van der Waals surface area contributed by atoms with Crippen LogP contribution in [0.4, 0.5) is 5.82 Å². The van der Waals surface area contributed by atoms with Crippen molar-refractivity contribution in [2.75, 3.05) is 5.32 Å². The molecule has 0 aliphatic carbocycles. The molecule has 7 heteroatoms. The summed E-state index contributed by atoms with van der Waals surface area (Å²) in [6.07, 6.45) is 3.02. The quantitative estimate of drug-likeness (QED) is 0.661. The number of nitrogens with zero attached hydrogens (tertiary/aromatic N) is 2. The molecule has 0 unspecified atom stereocenters. The standard InChI is InChI=1S/C11H6Br2IN3O/c12-6-1-2-8(14)7(3-6)11(18)17-10-5-15-9(13)4-16-10/h1-5H,(H,16,17,18). The number of nitrogens with one attached hydrogen (secondary N) is 1. The van der Waals surface area contributed by atoms with E-state index in [0.717, 1.165) is 8.04 Å². The normalized spacial score (nSPS) is 10.2. The molecule has 0 aliphatic heterocycles. The summed E-state index contributed by atoms with van der Waals surface area (Å²) >= 11 is 8.64. The van der Waals surface area contributed by atoms with Crippen molar-refractivity contribution in [2.24, 2.45) is 0 Å². The molecular formula is C11H6Br2IN3O. The fourth-order valence-electron chi connectivity index (χ4n) is 1.23. The van der Waals surface area contributed by atoms with Crippen molar-refractivity contribution in [2.45, 2.75) is 0 Å². The zero-order valence-corrected chi connectivity index (χ0v) is 14.2. The van der Waals surface area contributed by atoms with Gasteiger partial charge in [-0.15, -0.1) is 0 Å². The van der Waals surface area contributed by atoms with Crippen molar-refractivity contribution in [1.82, 2.24) is 9.97 Å². The van der Waals surface area contributed by atoms with Gasteiger partial charge in [0, 0.05) is 8.04 Å². The van der Waals surface area contributed by atoms with Gasteiger partial charge in [-0.25, -0.2) is 9.97 Å². The van der Waals surface area contributed by atoms with Crippen molar-refractivity contribution < 1.29 is 4.79 Å². The van der Waals surface area contributed by atoms with Crippen LogP contribution in [-0.4, -0.2) is 15.9 Å². The van der Waals surface area contributed by atoms with E-state index in [0.29, 0.717) is 16.0 Å². The lowest BCUT2D eigenvalue weighted by Crippen LogP contribution is -2.14. The highest BCUT2D eigenvalue weighted by molar-refractivity contribution is 14.1. The first-order valence-electron chi connectivity index (χ1n) is 4.80. The molecule has 0 fully saturated rings. The molecule has 0 radical (unpaired) electrons. The molecule has 0 saturated carbocycles. The summed E-state index contributed by atoms with van der Waals surface area (Å²) in [6, 6.07) is 5.52. The van der Waals surface area contributed by atoms with E-state index in [4.69, 9.17) is 0 Å². The number of rotatable bonds is 2. The summed E-state index contributed by atoms with van der Waals surface area (Å²) in [4.78, 5) is 20.1. The Morgan fingerprint density at radius 1 is 1.22 bits per heavy atom. The maximum Gasteiger partial charge on any atom is 0.257 e. The molecule has 92 valence electrons. The number of amides is 1. The predicted octanol–water partition coefficient (Wildman–Crippen LogP) is 3.86. The Balaban J connectivity index is 2.21. The number of hydrogen-bond donors (Lipinski definition) is 1. The van der Waals surface area contributed by atoms with Gasteiger partial charge >= 0.3 is 0 Å². The molecule has 0 bridgehead atoms. The Morgan fingerprint density at radius 2 is 2.00 bits per heavy atom. The third kappa shape index (κ3) is 3.48. The average molecular weight is 483 g/mol. The van der Waals surface area contributed by atoms with Crippen LogP contribution >= 0.6 is 54.5 Å². The molecule has 0 saturated heterocycles. The van der Waals surface area contributed by atoms with E-state index < -0.39 is 0 Å². The summed E-state index contributed by atoms with van der Waals surface area (Å²) in [5.74, 6) is 0.205. The monoisotopic (exact) mass is 481 g/mol. The second-order valence-electron chi connectivity index (χ2n) is 3.30. The molecular weight excluding hydrogens is 477 g/mol. The smallest absolute Gasteiger partial charge is 0.257 e. The Labute approximate surface area is 134 Å². The van der Waals surface area contributed by atoms with E-state index in [2.05, 4.69) is 69.7 Å². The third-order valence-corrected chi connectivity index (χ3v) is 3.88. The summed E-state index contributed by atoms with van der Waals surface area (Å²) in [5, 5.41) is 2.69. The van der Waals surface area contributed by atoms with Gasteiger partial charge in [0.1, 0.15) is 4.60 Å². The molecule has 1 N–H and O–H groups in total. The minimum atomic E-state index is -0.211. The minimum Gasteiger partial charge on any atom is -0.305 e. The number of hydrogen-bond acceptors (Lipinski definition) is 3. The first kappa shape index (κ1) is 13.9. The Hall–Kier alpha value is -0.540. The van der Waals surface area contributed by atoms with E-state index in [1.165, 1.54) is 12.4 Å². The van der Waals surface area contributed by atoms with Crippen molar-refractivity contribution >= 4 is 66.2 Å². The number of carbonyl (C=O) groups is 1. The fourth-order valence-corrected chi connectivity index (χ4v) is 2.38.